The summed E-state index contributed by atoms with van der Waals surface area (Å²) >= 11 is 0. The molecule has 0 bridgehead atoms. The number of carbonyl (C=O) groups is 1. The van der Waals surface area contributed by atoms with E-state index in [9.17, 15) is 13.6 Å². The van der Waals surface area contributed by atoms with E-state index in [0.29, 0.717) is 11.3 Å². The van der Waals surface area contributed by atoms with E-state index in [-0.39, 0.29) is 13.0 Å². The number of hydrogen-bond donors (Lipinski definition) is 1. The number of ether oxygens (including phenoxy) is 1. The molecule has 1 heterocycles. The highest BCUT2D eigenvalue weighted by Crippen LogP contribution is 2.40. The lowest BCUT2D eigenvalue weighted by molar-refractivity contribution is -0.0848. The van der Waals surface area contributed by atoms with E-state index < -0.39 is 30.1 Å². The van der Waals surface area contributed by atoms with E-state index in [1.165, 1.54) is 0 Å². The molecule has 1 aromatic rings. The number of nitrogen functional groups attached to an aromatic ring is 1. The van der Waals surface area contributed by atoms with E-state index in [1.54, 1.807) is 45.0 Å². The maximum atomic E-state index is 14.4. The van der Waals surface area contributed by atoms with Gasteiger partial charge in [-0.05, 0) is 44.9 Å². The van der Waals surface area contributed by atoms with E-state index in [2.05, 4.69) is 0 Å². The molecule has 2 rings (SSSR count). The van der Waals surface area contributed by atoms with Crippen molar-refractivity contribution < 1.29 is 18.3 Å². The predicted octanol–water partition coefficient (Wildman–Crippen LogP) is 3.63. The Kier molecular flexibility index (Phi) is 4.31. The van der Waals surface area contributed by atoms with Crippen LogP contribution in [0.2, 0.25) is 0 Å². The number of rotatable bonds is 1. The molecule has 0 radical (unpaired) electrons. The van der Waals surface area contributed by atoms with Crippen molar-refractivity contribution in [2.45, 2.75) is 44.6 Å². The highest BCUT2D eigenvalue weighted by molar-refractivity contribution is 5.68. The molecule has 1 amide bonds. The van der Waals surface area contributed by atoms with Crippen molar-refractivity contribution in [1.29, 1.82) is 0 Å². The van der Waals surface area contributed by atoms with Crippen LogP contribution in [-0.2, 0) is 4.74 Å². The highest BCUT2D eigenvalue weighted by Gasteiger charge is 2.47. The molecule has 1 fully saturated rings. The molecule has 1 aliphatic rings. The lowest BCUT2D eigenvalue weighted by Gasteiger charge is -2.39. The van der Waals surface area contributed by atoms with Gasteiger partial charge in [-0.15, -0.1) is 0 Å². The van der Waals surface area contributed by atoms with E-state index in [1.807, 2.05) is 0 Å². The van der Waals surface area contributed by atoms with Crippen LogP contribution in [0.25, 0.3) is 0 Å². The molecule has 1 saturated heterocycles. The normalized spacial score (nSPS) is 21.5. The van der Waals surface area contributed by atoms with Gasteiger partial charge in [0.2, 0.25) is 0 Å². The minimum Gasteiger partial charge on any atom is -0.444 e. The summed E-state index contributed by atoms with van der Waals surface area (Å²) in [6, 6.07) is 6.48. The van der Waals surface area contributed by atoms with Crippen molar-refractivity contribution >= 4 is 11.8 Å². The third-order valence-electron chi connectivity index (χ3n) is 3.59. The average Bonchev–Trinajstić information content (AvgIpc) is 2.37. The fraction of sp³-hybridized carbons (Fsp3) is 0.562. The Bertz CT molecular complexity index is 538. The Labute approximate surface area is 129 Å². The maximum Gasteiger partial charge on any atom is 0.410 e. The van der Waals surface area contributed by atoms with Gasteiger partial charge < -0.3 is 15.4 Å². The second-order valence-corrected chi connectivity index (χ2v) is 6.67. The van der Waals surface area contributed by atoms with Crippen molar-refractivity contribution in [2.24, 2.45) is 0 Å². The van der Waals surface area contributed by atoms with Gasteiger partial charge in [0.15, 0.2) is 0 Å². The fourth-order valence-corrected chi connectivity index (χ4v) is 2.56. The van der Waals surface area contributed by atoms with Gasteiger partial charge in [0.1, 0.15) is 5.60 Å². The second-order valence-electron chi connectivity index (χ2n) is 6.67. The third kappa shape index (κ3) is 3.87. The molecule has 6 heteroatoms. The Morgan fingerprint density at radius 2 is 1.91 bits per heavy atom. The minimum atomic E-state index is -2.99. The largest absolute Gasteiger partial charge is 0.444 e. The molecule has 0 aliphatic carbocycles. The van der Waals surface area contributed by atoms with E-state index >= 15 is 0 Å². The number of nitrogens with zero attached hydrogens (tertiary/aromatic N) is 1. The van der Waals surface area contributed by atoms with Crippen molar-refractivity contribution in [3.05, 3.63) is 29.8 Å². The fourth-order valence-electron chi connectivity index (χ4n) is 2.56. The van der Waals surface area contributed by atoms with Gasteiger partial charge in [-0.1, -0.05) is 12.1 Å². The van der Waals surface area contributed by atoms with E-state index in [0.717, 1.165) is 4.90 Å². The zero-order valence-electron chi connectivity index (χ0n) is 13.1. The lowest BCUT2D eigenvalue weighted by atomic mass is 9.86. The molecule has 2 N–H and O–H groups in total. The van der Waals surface area contributed by atoms with E-state index in [4.69, 9.17) is 10.5 Å². The number of anilines is 1. The number of halogens is 2. The number of hydrogen-bond acceptors (Lipinski definition) is 3. The summed E-state index contributed by atoms with van der Waals surface area (Å²) < 4.78 is 34.0. The van der Waals surface area contributed by atoms with Crippen LogP contribution in [-0.4, -0.2) is 35.6 Å². The SMILES string of the molecule is CC(C)(C)OC(=O)N1CCC(c2ccc(N)cc2)C(F)(F)C1. The van der Waals surface area contributed by atoms with Crippen molar-refractivity contribution in [3.8, 4) is 0 Å². The smallest absolute Gasteiger partial charge is 0.410 e. The molecule has 1 atom stereocenters. The number of likely N-dealkylation sites (tertiary alicyclic amines) is 1. The molecule has 0 saturated carbocycles. The van der Waals surface area contributed by atoms with Crippen LogP contribution < -0.4 is 5.73 Å². The molecule has 1 aliphatic heterocycles. The zero-order valence-corrected chi connectivity index (χ0v) is 13.1. The van der Waals surface area contributed by atoms with Crippen LogP contribution in [0.3, 0.4) is 0 Å². The number of alkyl halides is 2. The summed E-state index contributed by atoms with van der Waals surface area (Å²) in [4.78, 5) is 13.0. The van der Waals surface area contributed by atoms with Crippen LogP contribution in [0.15, 0.2) is 24.3 Å². The molecule has 1 unspecified atom stereocenters. The van der Waals surface area contributed by atoms with Crippen molar-refractivity contribution in [1.82, 2.24) is 4.90 Å². The summed E-state index contributed by atoms with van der Waals surface area (Å²) in [6.45, 7) is 4.76. The first-order valence-corrected chi connectivity index (χ1v) is 7.30. The quantitative estimate of drug-likeness (QED) is 0.806. The standard InChI is InChI=1S/C16H22F2N2O2/c1-15(2,3)22-14(21)20-9-8-13(16(17,18)10-20)11-4-6-12(19)7-5-11/h4-7,13H,8-10,19H2,1-3H3. The Hall–Kier alpha value is -1.85. The topological polar surface area (TPSA) is 55.6 Å². The summed E-state index contributed by atoms with van der Waals surface area (Å²) in [7, 11) is 0. The molecule has 0 spiro atoms. The first kappa shape index (κ1) is 16.5. The maximum absolute atomic E-state index is 14.4. The van der Waals surface area contributed by atoms with Gasteiger partial charge in [-0.25, -0.2) is 13.6 Å². The zero-order chi connectivity index (χ0) is 16.5. The summed E-state index contributed by atoms with van der Waals surface area (Å²) in [5.74, 6) is -3.91. The van der Waals surface area contributed by atoms with Gasteiger partial charge in [-0.2, -0.15) is 0 Å². The van der Waals surface area contributed by atoms with Gasteiger partial charge in [0.25, 0.3) is 5.92 Å². The van der Waals surface area contributed by atoms with Gasteiger partial charge in [0.05, 0.1) is 12.5 Å². The Balaban J connectivity index is 2.09. The summed E-state index contributed by atoms with van der Waals surface area (Å²) in [6.07, 6.45) is -0.501. The van der Waals surface area contributed by atoms with Gasteiger partial charge in [-0.3, -0.25) is 0 Å². The number of amides is 1. The molecule has 122 valence electrons. The second kappa shape index (κ2) is 5.74. The Morgan fingerprint density at radius 3 is 2.41 bits per heavy atom. The first-order chi connectivity index (χ1) is 10.1. The van der Waals surface area contributed by atoms with Crippen LogP contribution >= 0.6 is 0 Å². The minimum absolute atomic E-state index is 0.191. The molecule has 0 aromatic heterocycles. The van der Waals surface area contributed by atoms with Gasteiger partial charge in [0, 0.05) is 12.2 Å². The lowest BCUT2D eigenvalue weighted by Crippen LogP contribution is -2.50. The molecule has 22 heavy (non-hydrogen) atoms. The van der Waals surface area contributed by atoms with Crippen LogP contribution in [0.4, 0.5) is 19.3 Å². The van der Waals surface area contributed by atoms with Crippen LogP contribution in [0.5, 0.6) is 0 Å². The number of benzene rings is 1. The van der Waals surface area contributed by atoms with Crippen molar-refractivity contribution in [2.75, 3.05) is 18.8 Å². The highest BCUT2D eigenvalue weighted by atomic mass is 19.3. The third-order valence-corrected chi connectivity index (χ3v) is 3.59. The summed E-state index contributed by atoms with van der Waals surface area (Å²) in [5, 5.41) is 0. The van der Waals surface area contributed by atoms with Crippen molar-refractivity contribution in [3.63, 3.8) is 0 Å². The molecular formula is C16H22F2N2O2. The predicted molar refractivity (Wildman–Crippen MR) is 81.0 cm³/mol. The molecule has 4 nitrogen and oxygen atoms in total. The van der Waals surface area contributed by atoms with Gasteiger partial charge >= 0.3 is 6.09 Å². The molecular weight excluding hydrogens is 290 g/mol. The number of carbonyl (C=O) groups excluding carboxylic acids is 1. The number of piperidine rings is 1. The first-order valence-electron chi connectivity index (χ1n) is 7.30. The summed E-state index contributed by atoms with van der Waals surface area (Å²) in [5.41, 5.74) is 5.98. The number of nitrogens with two attached hydrogens (primary N) is 1. The monoisotopic (exact) mass is 312 g/mol. The average molecular weight is 312 g/mol. The van der Waals surface area contributed by atoms with Crippen LogP contribution in [0, 0.1) is 0 Å². The Morgan fingerprint density at radius 1 is 1.32 bits per heavy atom. The van der Waals surface area contributed by atoms with Crippen LogP contribution in [0.1, 0.15) is 38.7 Å². The molecule has 1 aromatic carbocycles.